The molecular weight excluding hydrogens is 657 g/mol. The molecule has 0 atom stereocenters. The van der Waals surface area contributed by atoms with E-state index in [1.165, 1.54) is 269 Å². The lowest BCUT2D eigenvalue weighted by Crippen LogP contribution is -2.34. The summed E-state index contributed by atoms with van der Waals surface area (Å²) in [5.41, 5.74) is 0. The topological polar surface area (TPSA) is 20.2 Å². The van der Waals surface area contributed by atoms with Crippen LogP contribution in [0.5, 0.6) is 0 Å². The molecule has 0 saturated heterocycles. The maximum absolute atomic E-state index is 12.0. The Labute approximate surface area is 339 Å². The zero-order chi connectivity index (χ0) is 38.9. The Balaban J connectivity index is 4.10. The molecule has 0 radical (unpaired) electrons. The third-order valence-electron chi connectivity index (χ3n) is 12.5. The summed E-state index contributed by atoms with van der Waals surface area (Å²) in [6, 6.07) is 3.58. The van der Waals surface area contributed by atoms with Crippen molar-refractivity contribution < 1.29 is 4.80 Å². The summed E-state index contributed by atoms with van der Waals surface area (Å²) in [6.07, 6.45) is 55.5. The van der Waals surface area contributed by atoms with Crippen molar-refractivity contribution in [3.05, 3.63) is 0 Å². The second kappa shape index (κ2) is 41.8. The second-order valence-corrected chi connectivity index (χ2v) is 23.7. The fourth-order valence-corrected chi connectivity index (χ4v) is 12.2. The Bertz CT molecular complexity index is 583. The molecule has 1 nitrogen and oxygen atoms in total. The van der Waals surface area contributed by atoms with Crippen molar-refractivity contribution in [1.82, 2.24) is 0 Å². The first-order valence-electron chi connectivity index (χ1n) is 25.5. The van der Waals surface area contributed by atoms with E-state index in [2.05, 4.69) is 41.5 Å². The van der Waals surface area contributed by atoms with Gasteiger partial charge in [-0.05, 0) is 35.9 Å². The van der Waals surface area contributed by atoms with Crippen LogP contribution in [0.4, 0.5) is 0 Å². The van der Waals surface area contributed by atoms with E-state index < -0.39 is 8.32 Å². The SMILES string of the molecule is CC(C)CCCCCCCCCCCCCC[Si](O)(CCCCCCCCCCCCCCC(C)C)CCCCCCCCCCCCCCC(C)C. The minimum Gasteiger partial charge on any atom is -0.432 e. The molecule has 0 aromatic rings. The zero-order valence-corrected chi connectivity index (χ0v) is 39.4. The fraction of sp³-hybridized carbons (Fsp3) is 1.00. The lowest BCUT2D eigenvalue weighted by Gasteiger charge is -2.25. The Morgan fingerprint density at radius 1 is 0.226 bits per heavy atom. The van der Waals surface area contributed by atoms with Gasteiger partial charge in [0.15, 0.2) is 8.32 Å². The van der Waals surface area contributed by atoms with E-state index in [1.54, 1.807) is 0 Å². The van der Waals surface area contributed by atoms with Gasteiger partial charge in [0, 0.05) is 0 Å². The van der Waals surface area contributed by atoms with Gasteiger partial charge >= 0.3 is 0 Å². The van der Waals surface area contributed by atoms with Crippen molar-refractivity contribution in [2.75, 3.05) is 0 Å². The number of unbranched alkanes of at least 4 members (excludes halogenated alkanes) is 33. The Kier molecular flexibility index (Phi) is 41.9. The van der Waals surface area contributed by atoms with Gasteiger partial charge in [-0.1, -0.05) is 292 Å². The summed E-state index contributed by atoms with van der Waals surface area (Å²) in [4.78, 5) is 12.0. The minimum atomic E-state index is -2.07. The van der Waals surface area contributed by atoms with Crippen LogP contribution >= 0.6 is 0 Å². The molecule has 0 aromatic heterocycles. The molecule has 0 aliphatic rings. The van der Waals surface area contributed by atoms with Gasteiger partial charge in [0.25, 0.3) is 0 Å². The quantitative estimate of drug-likeness (QED) is 0.0484. The van der Waals surface area contributed by atoms with Crippen LogP contribution in [0, 0.1) is 17.8 Å². The van der Waals surface area contributed by atoms with Crippen molar-refractivity contribution in [3.8, 4) is 0 Å². The first-order chi connectivity index (χ1) is 25.7. The molecule has 0 aromatic carbocycles. The van der Waals surface area contributed by atoms with Crippen molar-refractivity contribution in [2.24, 2.45) is 17.8 Å². The van der Waals surface area contributed by atoms with Gasteiger partial charge in [0.1, 0.15) is 0 Å². The standard InChI is InChI=1S/C51H106OSi/c1-49(2)43-37-31-25-19-13-7-10-16-22-28-34-40-46-53(52,47-41-35-29-23-17-11-8-14-20-26-32-38-44-50(3)4)48-42-36-30-24-18-12-9-15-21-27-33-39-45-51(5)6/h49-52H,7-48H2,1-6H3. The molecular formula is C51H106OSi. The predicted octanol–water partition coefficient (Wildman–Crippen LogP) is 19.1. The normalized spacial score (nSPS) is 12.3. The lowest BCUT2D eigenvalue weighted by molar-refractivity contribution is 0.488. The maximum Gasteiger partial charge on any atom is 0.188 e. The van der Waals surface area contributed by atoms with Crippen LogP contribution in [0.2, 0.25) is 18.1 Å². The smallest absolute Gasteiger partial charge is 0.188 e. The van der Waals surface area contributed by atoms with E-state index in [0.29, 0.717) is 0 Å². The molecule has 2 heteroatoms. The molecule has 0 aliphatic carbocycles. The average Bonchev–Trinajstić information content (AvgIpc) is 3.11. The monoisotopic (exact) mass is 763 g/mol. The summed E-state index contributed by atoms with van der Waals surface area (Å²) in [5, 5.41) is 0. The van der Waals surface area contributed by atoms with E-state index >= 15 is 0 Å². The number of hydrogen-bond acceptors (Lipinski definition) is 1. The third-order valence-corrected chi connectivity index (χ3v) is 16.4. The first-order valence-corrected chi connectivity index (χ1v) is 28.0. The second-order valence-electron chi connectivity index (χ2n) is 19.7. The molecule has 0 aliphatic heterocycles. The highest BCUT2D eigenvalue weighted by atomic mass is 28.4. The van der Waals surface area contributed by atoms with Gasteiger partial charge < -0.3 is 4.80 Å². The summed E-state index contributed by atoms with van der Waals surface area (Å²) < 4.78 is 0. The van der Waals surface area contributed by atoms with E-state index in [1.807, 2.05) is 0 Å². The maximum atomic E-state index is 12.0. The van der Waals surface area contributed by atoms with Crippen molar-refractivity contribution in [2.45, 2.75) is 310 Å². The van der Waals surface area contributed by atoms with Crippen LogP contribution < -0.4 is 0 Å². The summed E-state index contributed by atoms with van der Waals surface area (Å²) in [7, 11) is -2.07. The molecule has 0 bridgehead atoms. The van der Waals surface area contributed by atoms with Crippen molar-refractivity contribution in [1.29, 1.82) is 0 Å². The van der Waals surface area contributed by atoms with Gasteiger partial charge in [-0.2, -0.15) is 0 Å². The van der Waals surface area contributed by atoms with E-state index in [-0.39, 0.29) is 0 Å². The summed E-state index contributed by atoms with van der Waals surface area (Å²) in [6.45, 7) is 14.1. The van der Waals surface area contributed by atoms with Crippen LogP contribution in [-0.2, 0) is 0 Å². The molecule has 320 valence electrons. The molecule has 0 rings (SSSR count). The highest BCUT2D eigenvalue weighted by molar-refractivity contribution is 6.72. The number of hydrogen-bond donors (Lipinski definition) is 1. The predicted molar refractivity (Wildman–Crippen MR) is 247 cm³/mol. The van der Waals surface area contributed by atoms with Crippen LogP contribution in [0.1, 0.15) is 292 Å². The molecule has 1 N–H and O–H groups in total. The highest BCUT2D eigenvalue weighted by Gasteiger charge is 2.29. The number of rotatable bonds is 45. The largest absolute Gasteiger partial charge is 0.432 e. The molecule has 0 heterocycles. The first kappa shape index (κ1) is 53.2. The Hall–Kier alpha value is 0.177. The molecule has 53 heavy (non-hydrogen) atoms. The highest BCUT2D eigenvalue weighted by Crippen LogP contribution is 2.28. The summed E-state index contributed by atoms with van der Waals surface area (Å²) in [5.74, 6) is 2.63. The average molecular weight is 763 g/mol. The van der Waals surface area contributed by atoms with Crippen LogP contribution in [0.15, 0.2) is 0 Å². The third kappa shape index (κ3) is 44.8. The fourth-order valence-electron chi connectivity index (χ4n) is 8.70. The molecule has 0 spiro atoms. The van der Waals surface area contributed by atoms with E-state index in [4.69, 9.17) is 0 Å². The van der Waals surface area contributed by atoms with E-state index in [9.17, 15) is 4.80 Å². The molecule has 0 saturated carbocycles. The van der Waals surface area contributed by atoms with Crippen molar-refractivity contribution in [3.63, 3.8) is 0 Å². The van der Waals surface area contributed by atoms with Crippen LogP contribution in [-0.4, -0.2) is 13.1 Å². The summed E-state index contributed by atoms with van der Waals surface area (Å²) >= 11 is 0. The van der Waals surface area contributed by atoms with Crippen LogP contribution in [0.25, 0.3) is 0 Å². The van der Waals surface area contributed by atoms with Crippen LogP contribution in [0.3, 0.4) is 0 Å². The minimum absolute atomic E-state index is 0.878. The zero-order valence-electron chi connectivity index (χ0n) is 38.4. The van der Waals surface area contributed by atoms with Gasteiger partial charge in [-0.15, -0.1) is 0 Å². The Morgan fingerprint density at radius 3 is 0.509 bits per heavy atom. The Morgan fingerprint density at radius 2 is 0.358 bits per heavy atom. The van der Waals surface area contributed by atoms with E-state index in [0.717, 1.165) is 17.8 Å². The van der Waals surface area contributed by atoms with Gasteiger partial charge in [-0.25, -0.2) is 0 Å². The molecule has 0 unspecified atom stereocenters. The van der Waals surface area contributed by atoms with Gasteiger partial charge in [0.2, 0.25) is 0 Å². The molecule has 0 fully saturated rings. The van der Waals surface area contributed by atoms with Gasteiger partial charge in [-0.3, -0.25) is 0 Å². The lowest BCUT2D eigenvalue weighted by atomic mass is 10.0. The van der Waals surface area contributed by atoms with Crippen molar-refractivity contribution >= 4 is 8.32 Å². The molecule has 0 amide bonds. The van der Waals surface area contributed by atoms with Gasteiger partial charge in [0.05, 0.1) is 0 Å².